The number of fused-ring (bicyclic) bond motifs is 3. The summed E-state index contributed by atoms with van der Waals surface area (Å²) in [5, 5.41) is 21.6. The van der Waals surface area contributed by atoms with E-state index in [0.717, 1.165) is 24.0 Å². The van der Waals surface area contributed by atoms with E-state index in [1.807, 2.05) is 6.07 Å². The van der Waals surface area contributed by atoms with Gasteiger partial charge in [-0.25, -0.2) is 0 Å². The summed E-state index contributed by atoms with van der Waals surface area (Å²) < 4.78 is 0. The lowest BCUT2D eigenvalue weighted by atomic mass is 9.53. The standard InChI is InChI=1S/C19H24N4/c1-2-9-19(13-5-3-6-14(19)12-21-11-13)15-7-4-8-16-18(15)17(10-20)23-22-16/h4,7-8,13-14,21H,2-3,5-6,9,11-12H2,1H3,(H,22,23). The van der Waals surface area contributed by atoms with Crippen molar-refractivity contribution in [2.24, 2.45) is 11.8 Å². The number of hydrogen-bond donors (Lipinski definition) is 2. The average molecular weight is 308 g/mol. The van der Waals surface area contributed by atoms with Crippen LogP contribution in [0.1, 0.15) is 50.3 Å². The van der Waals surface area contributed by atoms with E-state index in [1.54, 1.807) is 0 Å². The van der Waals surface area contributed by atoms with Gasteiger partial charge in [-0.2, -0.15) is 10.4 Å². The Bertz CT molecular complexity index is 732. The molecule has 2 N–H and O–H groups in total. The van der Waals surface area contributed by atoms with Gasteiger partial charge in [0.25, 0.3) is 0 Å². The molecule has 1 saturated heterocycles. The number of nitrogens with one attached hydrogen (secondary N) is 2. The van der Waals surface area contributed by atoms with Crippen molar-refractivity contribution in [3.63, 3.8) is 0 Å². The molecular formula is C19H24N4. The maximum absolute atomic E-state index is 9.52. The molecule has 4 heteroatoms. The first-order valence-electron chi connectivity index (χ1n) is 8.89. The van der Waals surface area contributed by atoms with Crippen LogP contribution in [0.2, 0.25) is 0 Å². The summed E-state index contributed by atoms with van der Waals surface area (Å²) in [7, 11) is 0. The van der Waals surface area contributed by atoms with Crippen molar-refractivity contribution in [3.8, 4) is 6.07 Å². The summed E-state index contributed by atoms with van der Waals surface area (Å²) in [5.74, 6) is 1.34. The van der Waals surface area contributed by atoms with Crippen LogP contribution in [0, 0.1) is 23.2 Å². The molecular weight excluding hydrogens is 284 g/mol. The van der Waals surface area contributed by atoms with E-state index in [1.165, 1.54) is 37.7 Å². The SMILES string of the molecule is CCCC1(c2cccc3[nH]nc(C#N)c23)C2CCCC1CNC2. The smallest absolute Gasteiger partial charge is 0.170 e. The molecule has 120 valence electrons. The predicted molar refractivity (Wildman–Crippen MR) is 91.1 cm³/mol. The Hall–Kier alpha value is -1.86. The Balaban J connectivity index is 1.98. The molecule has 1 saturated carbocycles. The maximum Gasteiger partial charge on any atom is 0.170 e. The number of nitrogens with zero attached hydrogens (tertiary/aromatic N) is 2. The molecule has 2 atom stereocenters. The summed E-state index contributed by atoms with van der Waals surface area (Å²) in [6.45, 7) is 4.50. The molecule has 1 aliphatic carbocycles. The van der Waals surface area contributed by atoms with Crippen LogP contribution >= 0.6 is 0 Å². The molecule has 1 aromatic heterocycles. The van der Waals surface area contributed by atoms with Crippen molar-refractivity contribution in [1.29, 1.82) is 5.26 Å². The fourth-order valence-electron chi connectivity index (χ4n) is 5.40. The first-order chi connectivity index (χ1) is 11.3. The quantitative estimate of drug-likeness (QED) is 0.912. The molecule has 1 aliphatic heterocycles. The zero-order chi connectivity index (χ0) is 15.9. The van der Waals surface area contributed by atoms with Crippen molar-refractivity contribution in [3.05, 3.63) is 29.5 Å². The highest BCUT2D eigenvalue weighted by Gasteiger charge is 2.50. The third-order valence-electron chi connectivity index (χ3n) is 6.20. The molecule has 2 aromatic rings. The van der Waals surface area contributed by atoms with Gasteiger partial charge in [-0.3, -0.25) is 5.10 Å². The van der Waals surface area contributed by atoms with Gasteiger partial charge in [-0.05, 0) is 55.8 Å². The summed E-state index contributed by atoms with van der Waals surface area (Å²) in [6, 6.07) is 8.74. The fraction of sp³-hybridized carbons (Fsp3) is 0.579. The lowest BCUT2D eigenvalue weighted by Gasteiger charge is -2.54. The van der Waals surface area contributed by atoms with Crippen molar-refractivity contribution < 1.29 is 0 Å². The van der Waals surface area contributed by atoms with Gasteiger partial charge in [-0.1, -0.05) is 31.9 Å². The van der Waals surface area contributed by atoms with E-state index in [0.29, 0.717) is 17.5 Å². The first kappa shape index (κ1) is 14.7. The third kappa shape index (κ3) is 2.03. The molecule has 1 aromatic carbocycles. The second-order valence-electron chi connectivity index (χ2n) is 7.19. The lowest BCUT2D eigenvalue weighted by Crippen LogP contribution is -2.56. The highest BCUT2D eigenvalue weighted by molar-refractivity contribution is 5.88. The van der Waals surface area contributed by atoms with E-state index in [-0.39, 0.29) is 5.41 Å². The Morgan fingerprint density at radius 2 is 2.09 bits per heavy atom. The van der Waals surface area contributed by atoms with Crippen LogP contribution in [-0.4, -0.2) is 23.3 Å². The van der Waals surface area contributed by atoms with Crippen LogP contribution in [0.4, 0.5) is 0 Å². The summed E-state index contributed by atoms with van der Waals surface area (Å²) >= 11 is 0. The number of aromatic nitrogens is 2. The van der Waals surface area contributed by atoms with E-state index in [9.17, 15) is 5.26 Å². The normalized spacial score (nSPS) is 30.3. The van der Waals surface area contributed by atoms with Crippen molar-refractivity contribution in [2.75, 3.05) is 13.1 Å². The highest BCUT2D eigenvalue weighted by atomic mass is 15.1. The average Bonchev–Trinajstić information content (AvgIpc) is 2.97. The number of nitriles is 1. The minimum Gasteiger partial charge on any atom is -0.316 e. The molecule has 23 heavy (non-hydrogen) atoms. The Morgan fingerprint density at radius 1 is 1.30 bits per heavy atom. The number of piperidine rings is 1. The lowest BCUT2D eigenvalue weighted by molar-refractivity contribution is 0.0588. The predicted octanol–water partition coefficient (Wildman–Crippen LogP) is 3.49. The fourth-order valence-corrected chi connectivity index (χ4v) is 5.40. The second kappa shape index (κ2) is 5.65. The van der Waals surface area contributed by atoms with Gasteiger partial charge in [0.15, 0.2) is 5.69 Å². The summed E-state index contributed by atoms with van der Waals surface area (Å²) in [4.78, 5) is 0. The van der Waals surface area contributed by atoms with Crippen LogP contribution in [0.3, 0.4) is 0 Å². The number of hydrogen-bond acceptors (Lipinski definition) is 3. The van der Waals surface area contributed by atoms with E-state index >= 15 is 0 Å². The van der Waals surface area contributed by atoms with Crippen molar-refractivity contribution >= 4 is 10.9 Å². The Labute approximate surface area is 137 Å². The number of aromatic amines is 1. The van der Waals surface area contributed by atoms with Gasteiger partial charge < -0.3 is 5.32 Å². The van der Waals surface area contributed by atoms with Crippen LogP contribution in [-0.2, 0) is 5.41 Å². The second-order valence-corrected chi connectivity index (χ2v) is 7.19. The van der Waals surface area contributed by atoms with Crippen LogP contribution in [0.25, 0.3) is 10.9 Å². The minimum absolute atomic E-state index is 0.202. The molecule has 0 amide bonds. The van der Waals surface area contributed by atoms with Gasteiger partial charge >= 0.3 is 0 Å². The monoisotopic (exact) mass is 308 g/mol. The molecule has 2 unspecified atom stereocenters. The van der Waals surface area contributed by atoms with Gasteiger partial charge in [-0.15, -0.1) is 0 Å². The van der Waals surface area contributed by atoms with Gasteiger partial charge in [0.1, 0.15) is 6.07 Å². The first-order valence-corrected chi connectivity index (χ1v) is 8.89. The van der Waals surface area contributed by atoms with Gasteiger partial charge in [0.2, 0.25) is 0 Å². The topological polar surface area (TPSA) is 64.5 Å². The molecule has 2 bridgehead atoms. The summed E-state index contributed by atoms with van der Waals surface area (Å²) in [6.07, 6.45) is 6.32. The molecule has 0 radical (unpaired) electrons. The third-order valence-corrected chi connectivity index (χ3v) is 6.20. The van der Waals surface area contributed by atoms with Gasteiger partial charge in [0.05, 0.1) is 5.52 Å². The van der Waals surface area contributed by atoms with Crippen LogP contribution in [0.15, 0.2) is 18.2 Å². The Kier molecular flexibility index (Phi) is 3.61. The van der Waals surface area contributed by atoms with Gasteiger partial charge in [0, 0.05) is 10.8 Å². The highest BCUT2D eigenvalue weighted by Crippen LogP contribution is 2.53. The maximum atomic E-state index is 9.52. The molecule has 2 fully saturated rings. The van der Waals surface area contributed by atoms with Crippen molar-refractivity contribution in [1.82, 2.24) is 15.5 Å². The molecule has 2 heterocycles. The Morgan fingerprint density at radius 3 is 2.78 bits per heavy atom. The number of rotatable bonds is 3. The van der Waals surface area contributed by atoms with E-state index in [4.69, 9.17) is 0 Å². The summed E-state index contributed by atoms with van der Waals surface area (Å²) in [5.41, 5.74) is 3.14. The van der Waals surface area contributed by atoms with E-state index in [2.05, 4.69) is 40.6 Å². The molecule has 0 spiro atoms. The van der Waals surface area contributed by atoms with Crippen LogP contribution < -0.4 is 5.32 Å². The van der Waals surface area contributed by atoms with Crippen molar-refractivity contribution in [2.45, 2.75) is 44.4 Å². The zero-order valence-electron chi connectivity index (χ0n) is 13.7. The molecule has 4 nitrogen and oxygen atoms in total. The molecule has 4 rings (SSSR count). The number of H-pyrrole nitrogens is 1. The zero-order valence-corrected chi connectivity index (χ0v) is 13.7. The number of benzene rings is 1. The van der Waals surface area contributed by atoms with E-state index < -0.39 is 0 Å². The largest absolute Gasteiger partial charge is 0.316 e. The minimum atomic E-state index is 0.202. The van der Waals surface area contributed by atoms with Crippen LogP contribution in [0.5, 0.6) is 0 Å². The molecule has 2 aliphatic rings.